The SMILES string of the molecule is COc1ccc(NC(N)=NCCN2CCCN(C)CC2)cc1OC. The summed E-state index contributed by atoms with van der Waals surface area (Å²) < 4.78 is 10.5. The number of likely N-dealkylation sites (N-methyl/N-ethyl adjacent to an activating group) is 1. The highest BCUT2D eigenvalue weighted by atomic mass is 16.5. The van der Waals surface area contributed by atoms with E-state index >= 15 is 0 Å². The largest absolute Gasteiger partial charge is 0.493 e. The molecule has 3 N–H and O–H groups in total. The molecule has 0 aromatic heterocycles. The van der Waals surface area contributed by atoms with Gasteiger partial charge in [-0.25, -0.2) is 0 Å². The number of ether oxygens (including phenoxy) is 2. The first-order chi connectivity index (χ1) is 11.6. The summed E-state index contributed by atoms with van der Waals surface area (Å²) in [7, 11) is 5.39. The van der Waals surface area contributed by atoms with Crippen LogP contribution >= 0.6 is 0 Å². The molecule has 0 unspecified atom stereocenters. The zero-order valence-corrected chi connectivity index (χ0v) is 14.9. The minimum Gasteiger partial charge on any atom is -0.493 e. The van der Waals surface area contributed by atoms with Crippen LogP contribution in [0.2, 0.25) is 0 Å². The van der Waals surface area contributed by atoms with Gasteiger partial charge in [-0.05, 0) is 38.7 Å². The minimum atomic E-state index is 0.411. The van der Waals surface area contributed by atoms with Crippen molar-refractivity contribution < 1.29 is 9.47 Å². The second kappa shape index (κ2) is 9.34. The normalized spacial score (nSPS) is 17.4. The van der Waals surface area contributed by atoms with Crippen LogP contribution in [0, 0.1) is 0 Å². The summed E-state index contributed by atoms with van der Waals surface area (Å²) in [6.07, 6.45) is 1.21. The predicted octanol–water partition coefficient (Wildman–Crippen LogP) is 1.07. The van der Waals surface area contributed by atoms with Crippen molar-refractivity contribution in [2.24, 2.45) is 10.7 Å². The molecule has 134 valence electrons. The van der Waals surface area contributed by atoms with E-state index in [1.165, 1.54) is 13.0 Å². The lowest BCUT2D eigenvalue weighted by molar-refractivity contribution is 0.283. The number of nitrogens with one attached hydrogen (secondary N) is 1. The molecule has 2 rings (SSSR count). The van der Waals surface area contributed by atoms with E-state index in [1.807, 2.05) is 18.2 Å². The van der Waals surface area contributed by atoms with E-state index in [9.17, 15) is 0 Å². The van der Waals surface area contributed by atoms with Crippen LogP contribution in [0.25, 0.3) is 0 Å². The van der Waals surface area contributed by atoms with E-state index < -0.39 is 0 Å². The molecule has 0 spiro atoms. The quantitative estimate of drug-likeness (QED) is 0.598. The number of nitrogens with zero attached hydrogens (tertiary/aromatic N) is 3. The monoisotopic (exact) mass is 335 g/mol. The van der Waals surface area contributed by atoms with E-state index in [0.717, 1.165) is 31.9 Å². The van der Waals surface area contributed by atoms with Crippen molar-refractivity contribution in [3.05, 3.63) is 18.2 Å². The van der Waals surface area contributed by atoms with Crippen LogP contribution in [0.4, 0.5) is 5.69 Å². The number of benzene rings is 1. The van der Waals surface area contributed by atoms with Gasteiger partial charge < -0.3 is 30.3 Å². The van der Waals surface area contributed by atoms with E-state index in [-0.39, 0.29) is 0 Å². The van der Waals surface area contributed by atoms with Crippen molar-refractivity contribution in [1.29, 1.82) is 0 Å². The zero-order valence-electron chi connectivity index (χ0n) is 14.9. The fourth-order valence-electron chi connectivity index (χ4n) is 2.74. The molecule has 0 aliphatic carbocycles. The molecule has 0 radical (unpaired) electrons. The first-order valence-electron chi connectivity index (χ1n) is 8.32. The van der Waals surface area contributed by atoms with Crippen LogP contribution in [0.15, 0.2) is 23.2 Å². The second-order valence-corrected chi connectivity index (χ2v) is 5.96. The minimum absolute atomic E-state index is 0.411. The Morgan fingerprint density at radius 2 is 1.96 bits per heavy atom. The number of hydrogen-bond donors (Lipinski definition) is 2. The third-order valence-electron chi connectivity index (χ3n) is 4.17. The molecule has 1 heterocycles. The highest BCUT2D eigenvalue weighted by Gasteiger charge is 2.11. The van der Waals surface area contributed by atoms with Crippen LogP contribution in [0.1, 0.15) is 6.42 Å². The predicted molar refractivity (Wildman–Crippen MR) is 98.2 cm³/mol. The molecule has 0 bridgehead atoms. The molecule has 1 aromatic rings. The van der Waals surface area contributed by atoms with Crippen molar-refractivity contribution in [2.45, 2.75) is 6.42 Å². The zero-order chi connectivity index (χ0) is 17.4. The first-order valence-corrected chi connectivity index (χ1v) is 8.32. The Morgan fingerprint density at radius 1 is 1.17 bits per heavy atom. The van der Waals surface area contributed by atoms with Crippen LogP contribution in [0.5, 0.6) is 11.5 Å². The smallest absolute Gasteiger partial charge is 0.193 e. The Balaban J connectivity index is 1.83. The number of rotatable bonds is 6. The van der Waals surface area contributed by atoms with Crippen LogP contribution in [-0.4, -0.2) is 76.3 Å². The average Bonchev–Trinajstić information content (AvgIpc) is 2.79. The highest BCUT2D eigenvalue weighted by Crippen LogP contribution is 2.29. The Kier molecular flexibility index (Phi) is 7.14. The summed E-state index contributed by atoms with van der Waals surface area (Å²) in [6.45, 7) is 6.13. The molecule has 7 heteroatoms. The lowest BCUT2D eigenvalue weighted by Gasteiger charge is -2.18. The van der Waals surface area contributed by atoms with Gasteiger partial charge in [0.05, 0.1) is 20.8 Å². The second-order valence-electron chi connectivity index (χ2n) is 5.96. The summed E-state index contributed by atoms with van der Waals surface area (Å²) >= 11 is 0. The lowest BCUT2D eigenvalue weighted by Crippen LogP contribution is -2.32. The van der Waals surface area contributed by atoms with Crippen molar-refractivity contribution in [2.75, 3.05) is 65.9 Å². The van der Waals surface area contributed by atoms with E-state index in [2.05, 4.69) is 27.2 Å². The molecule has 1 saturated heterocycles. The Labute approximate surface area is 144 Å². The van der Waals surface area contributed by atoms with Gasteiger partial charge in [-0.2, -0.15) is 0 Å². The van der Waals surface area contributed by atoms with Crippen molar-refractivity contribution in [3.8, 4) is 11.5 Å². The number of aliphatic imine (C=N–C) groups is 1. The molecule has 1 fully saturated rings. The molecule has 24 heavy (non-hydrogen) atoms. The van der Waals surface area contributed by atoms with Gasteiger partial charge in [0, 0.05) is 31.4 Å². The maximum absolute atomic E-state index is 5.98. The average molecular weight is 335 g/mol. The van der Waals surface area contributed by atoms with E-state index in [1.54, 1.807) is 14.2 Å². The van der Waals surface area contributed by atoms with Crippen LogP contribution < -0.4 is 20.5 Å². The summed E-state index contributed by atoms with van der Waals surface area (Å²) in [5, 5.41) is 3.09. The Morgan fingerprint density at radius 3 is 2.71 bits per heavy atom. The molecule has 0 atom stereocenters. The fraction of sp³-hybridized carbons (Fsp3) is 0.588. The van der Waals surface area contributed by atoms with E-state index in [4.69, 9.17) is 15.2 Å². The number of guanidine groups is 1. The molecule has 0 amide bonds. The molecule has 1 aromatic carbocycles. The van der Waals surface area contributed by atoms with Gasteiger partial charge in [0.15, 0.2) is 17.5 Å². The van der Waals surface area contributed by atoms with Crippen molar-refractivity contribution >= 4 is 11.6 Å². The van der Waals surface area contributed by atoms with E-state index in [0.29, 0.717) is 24.0 Å². The van der Waals surface area contributed by atoms with Crippen LogP contribution in [0.3, 0.4) is 0 Å². The maximum Gasteiger partial charge on any atom is 0.193 e. The third kappa shape index (κ3) is 5.58. The third-order valence-corrected chi connectivity index (χ3v) is 4.17. The van der Waals surface area contributed by atoms with Gasteiger partial charge in [-0.1, -0.05) is 0 Å². The van der Waals surface area contributed by atoms with Crippen molar-refractivity contribution in [1.82, 2.24) is 9.80 Å². The number of methoxy groups -OCH3 is 2. The number of anilines is 1. The van der Waals surface area contributed by atoms with Gasteiger partial charge in [0.1, 0.15) is 0 Å². The van der Waals surface area contributed by atoms with Gasteiger partial charge in [0.25, 0.3) is 0 Å². The number of hydrogen-bond acceptors (Lipinski definition) is 5. The maximum atomic E-state index is 5.98. The van der Waals surface area contributed by atoms with Crippen molar-refractivity contribution in [3.63, 3.8) is 0 Å². The summed E-state index contributed by atoms with van der Waals surface area (Å²) in [5.41, 5.74) is 6.80. The summed E-state index contributed by atoms with van der Waals surface area (Å²) in [5.74, 6) is 1.75. The fourth-order valence-corrected chi connectivity index (χ4v) is 2.74. The highest BCUT2D eigenvalue weighted by molar-refractivity contribution is 5.92. The van der Waals surface area contributed by atoms with Gasteiger partial charge in [-0.3, -0.25) is 4.99 Å². The molecular weight excluding hydrogens is 306 g/mol. The molecule has 7 nitrogen and oxygen atoms in total. The standard InChI is InChI=1S/C17H29N5O2/c1-21-8-4-9-22(12-11-21)10-7-19-17(18)20-14-5-6-15(23-2)16(13-14)24-3/h5-6,13H,4,7-12H2,1-3H3,(H3,18,19,20). The molecule has 1 aliphatic rings. The summed E-state index contributed by atoms with van der Waals surface area (Å²) in [4.78, 5) is 9.23. The van der Waals surface area contributed by atoms with Gasteiger partial charge in [-0.15, -0.1) is 0 Å². The van der Waals surface area contributed by atoms with Gasteiger partial charge in [0.2, 0.25) is 0 Å². The Bertz CT molecular complexity index is 550. The number of nitrogens with two attached hydrogens (primary N) is 1. The molecule has 0 saturated carbocycles. The first kappa shape index (κ1) is 18.4. The topological polar surface area (TPSA) is 75.4 Å². The van der Waals surface area contributed by atoms with Gasteiger partial charge >= 0.3 is 0 Å². The lowest BCUT2D eigenvalue weighted by atomic mass is 10.3. The molecule has 1 aliphatic heterocycles. The summed E-state index contributed by atoms with van der Waals surface area (Å²) in [6, 6.07) is 5.56. The van der Waals surface area contributed by atoms with Crippen LogP contribution in [-0.2, 0) is 0 Å². The molecular formula is C17H29N5O2. The Hall–Kier alpha value is -1.99.